The summed E-state index contributed by atoms with van der Waals surface area (Å²) in [6.45, 7) is 7.36. The van der Waals surface area contributed by atoms with Gasteiger partial charge in [-0.3, -0.25) is 0 Å². The van der Waals surface area contributed by atoms with E-state index in [-0.39, 0.29) is 28.1 Å². The zero-order chi connectivity index (χ0) is 21.6. The van der Waals surface area contributed by atoms with Crippen LogP contribution in [-0.4, -0.2) is 57.2 Å². The molecule has 162 valence electrons. The first-order chi connectivity index (χ1) is 14.1. The van der Waals surface area contributed by atoms with Crippen molar-refractivity contribution < 1.29 is 13.9 Å². The Morgan fingerprint density at radius 2 is 2.03 bits per heavy atom. The lowest BCUT2D eigenvalue weighted by Gasteiger charge is -2.31. The van der Waals surface area contributed by atoms with Crippen molar-refractivity contribution in [1.82, 2.24) is 19.9 Å². The van der Waals surface area contributed by atoms with Gasteiger partial charge in [-0.15, -0.1) is 0 Å². The molecule has 2 aliphatic rings. The lowest BCUT2D eigenvalue weighted by atomic mass is 10.1. The van der Waals surface area contributed by atoms with Crippen LogP contribution in [0.25, 0.3) is 10.9 Å². The number of carbonyl (C=O) groups excluding carboxylic acids is 1. The molecule has 1 amide bonds. The number of anilines is 1. The van der Waals surface area contributed by atoms with Crippen LogP contribution in [0, 0.1) is 11.7 Å². The predicted octanol–water partition coefficient (Wildman–Crippen LogP) is 4.70. The Hall–Kier alpha value is -1.93. The van der Waals surface area contributed by atoms with Crippen molar-refractivity contribution >= 4 is 46.0 Å². The largest absolute Gasteiger partial charge is 0.444 e. The molecule has 1 atom stereocenters. The molecule has 10 heteroatoms. The van der Waals surface area contributed by atoms with Gasteiger partial charge in [0.05, 0.1) is 5.39 Å². The van der Waals surface area contributed by atoms with Gasteiger partial charge >= 0.3 is 6.09 Å². The number of halogens is 3. The Morgan fingerprint density at radius 1 is 1.30 bits per heavy atom. The number of carbonyl (C=O) groups is 1. The second-order valence-corrected chi connectivity index (χ2v) is 9.60. The third kappa shape index (κ3) is 4.54. The van der Waals surface area contributed by atoms with Gasteiger partial charge < -0.3 is 14.5 Å². The standard InChI is InChI=1S/C20H24Cl2FN5O2/c1-20(2,3)30-19(29)27-7-6-12(10-27)28(9-11-4-5-11)17-13-8-24-16(21)14(23)15(13)25-18(22)26-17/h8,11-12H,4-7,9-10H2,1-3H3. The van der Waals surface area contributed by atoms with Crippen LogP contribution in [0.2, 0.25) is 10.4 Å². The smallest absolute Gasteiger partial charge is 0.410 e. The van der Waals surface area contributed by atoms with Crippen molar-refractivity contribution in [3.8, 4) is 0 Å². The minimum Gasteiger partial charge on any atom is -0.444 e. The van der Waals surface area contributed by atoms with Crippen molar-refractivity contribution in [3.63, 3.8) is 0 Å². The zero-order valence-electron chi connectivity index (χ0n) is 17.2. The number of rotatable bonds is 4. The highest BCUT2D eigenvalue weighted by Gasteiger charge is 2.37. The fraction of sp³-hybridized carbons (Fsp3) is 0.600. The highest BCUT2D eigenvalue weighted by atomic mass is 35.5. The Kier molecular flexibility index (Phi) is 5.66. The summed E-state index contributed by atoms with van der Waals surface area (Å²) in [5.41, 5.74) is -0.505. The molecular weight excluding hydrogens is 432 g/mol. The van der Waals surface area contributed by atoms with E-state index in [2.05, 4.69) is 19.9 Å². The molecule has 2 fully saturated rings. The average Bonchev–Trinajstić information content (AvgIpc) is 3.34. The van der Waals surface area contributed by atoms with Gasteiger partial charge in [0.15, 0.2) is 11.0 Å². The van der Waals surface area contributed by atoms with E-state index >= 15 is 0 Å². The Bertz CT molecular complexity index is 980. The molecule has 0 bridgehead atoms. The lowest BCUT2D eigenvalue weighted by molar-refractivity contribution is 0.0292. The molecule has 1 aliphatic heterocycles. The van der Waals surface area contributed by atoms with Crippen LogP contribution in [0.15, 0.2) is 6.20 Å². The van der Waals surface area contributed by atoms with Crippen molar-refractivity contribution in [3.05, 3.63) is 22.5 Å². The van der Waals surface area contributed by atoms with Crippen LogP contribution in [0.1, 0.15) is 40.0 Å². The van der Waals surface area contributed by atoms with Crippen LogP contribution >= 0.6 is 23.2 Å². The summed E-state index contributed by atoms with van der Waals surface area (Å²) >= 11 is 12.0. The summed E-state index contributed by atoms with van der Waals surface area (Å²) in [4.78, 5) is 28.7. The van der Waals surface area contributed by atoms with Crippen LogP contribution < -0.4 is 4.90 Å². The molecule has 0 radical (unpaired) electrons. The van der Waals surface area contributed by atoms with Gasteiger partial charge in [-0.25, -0.2) is 19.2 Å². The van der Waals surface area contributed by atoms with Gasteiger partial charge in [0.25, 0.3) is 0 Å². The number of amides is 1. The molecule has 2 aromatic rings. The molecule has 0 spiro atoms. The maximum absolute atomic E-state index is 14.6. The summed E-state index contributed by atoms with van der Waals surface area (Å²) < 4.78 is 20.1. The molecular formula is C20H24Cl2FN5O2. The summed E-state index contributed by atoms with van der Waals surface area (Å²) in [6.07, 6.45) is 4.16. The Morgan fingerprint density at radius 3 is 2.70 bits per heavy atom. The van der Waals surface area contributed by atoms with E-state index in [1.807, 2.05) is 20.8 Å². The third-order valence-electron chi connectivity index (χ3n) is 5.27. The minimum absolute atomic E-state index is 0.00558. The highest BCUT2D eigenvalue weighted by molar-refractivity contribution is 6.30. The van der Waals surface area contributed by atoms with Crippen molar-refractivity contribution in [2.24, 2.45) is 5.92 Å². The zero-order valence-corrected chi connectivity index (χ0v) is 18.7. The van der Waals surface area contributed by atoms with Crippen LogP contribution in [-0.2, 0) is 4.74 Å². The predicted molar refractivity (Wildman–Crippen MR) is 114 cm³/mol. The van der Waals surface area contributed by atoms with E-state index in [9.17, 15) is 9.18 Å². The summed E-state index contributed by atoms with van der Waals surface area (Å²) in [6, 6.07) is 0.00558. The van der Waals surface area contributed by atoms with Gasteiger partial charge in [0.2, 0.25) is 5.28 Å². The number of pyridine rings is 1. The normalized spacial score (nSPS) is 19.4. The maximum Gasteiger partial charge on any atom is 0.410 e. The molecule has 0 aromatic carbocycles. The third-order valence-corrected chi connectivity index (χ3v) is 5.71. The summed E-state index contributed by atoms with van der Waals surface area (Å²) in [5, 5.41) is 0.146. The number of hydrogen-bond donors (Lipinski definition) is 0. The monoisotopic (exact) mass is 455 g/mol. The molecule has 0 N–H and O–H groups in total. The van der Waals surface area contributed by atoms with Crippen LogP contribution in [0.4, 0.5) is 15.0 Å². The topological polar surface area (TPSA) is 71.5 Å². The van der Waals surface area contributed by atoms with E-state index in [1.165, 1.54) is 6.20 Å². The van der Waals surface area contributed by atoms with Gasteiger partial charge in [-0.05, 0) is 57.6 Å². The molecule has 7 nitrogen and oxygen atoms in total. The maximum atomic E-state index is 14.6. The molecule has 30 heavy (non-hydrogen) atoms. The van der Waals surface area contributed by atoms with E-state index in [1.54, 1.807) is 4.90 Å². The first kappa shape index (κ1) is 21.3. The minimum atomic E-state index is -0.715. The van der Waals surface area contributed by atoms with E-state index in [4.69, 9.17) is 27.9 Å². The number of fused-ring (bicyclic) bond motifs is 1. The highest BCUT2D eigenvalue weighted by Crippen LogP contribution is 2.37. The first-order valence-electron chi connectivity index (χ1n) is 10.0. The van der Waals surface area contributed by atoms with Gasteiger partial charge in [0.1, 0.15) is 16.9 Å². The summed E-state index contributed by atoms with van der Waals surface area (Å²) in [7, 11) is 0. The fourth-order valence-corrected chi connectivity index (χ4v) is 3.99. The van der Waals surface area contributed by atoms with Crippen molar-refractivity contribution in [1.29, 1.82) is 0 Å². The SMILES string of the molecule is CC(C)(C)OC(=O)N1CCC(N(CC2CC2)c2nc(Cl)nc3c(F)c(Cl)ncc23)C1. The Labute approximate surface area is 184 Å². The lowest BCUT2D eigenvalue weighted by Crippen LogP contribution is -2.42. The number of ether oxygens (including phenoxy) is 1. The molecule has 1 saturated carbocycles. The molecule has 3 heterocycles. The second kappa shape index (κ2) is 7.96. The molecule has 1 aliphatic carbocycles. The molecule has 1 unspecified atom stereocenters. The van der Waals surface area contributed by atoms with Crippen molar-refractivity contribution in [2.45, 2.75) is 51.7 Å². The number of aromatic nitrogens is 3. The van der Waals surface area contributed by atoms with Crippen molar-refractivity contribution in [2.75, 3.05) is 24.5 Å². The van der Waals surface area contributed by atoms with Gasteiger partial charge in [-0.2, -0.15) is 4.98 Å². The second-order valence-electron chi connectivity index (χ2n) is 8.91. The Balaban J connectivity index is 1.66. The van der Waals surface area contributed by atoms with Gasteiger partial charge in [-0.1, -0.05) is 11.6 Å². The summed E-state index contributed by atoms with van der Waals surface area (Å²) in [5.74, 6) is 0.346. The number of hydrogen-bond acceptors (Lipinski definition) is 6. The number of nitrogens with zero attached hydrogens (tertiary/aromatic N) is 5. The van der Waals surface area contributed by atoms with E-state index in [0.717, 1.165) is 25.8 Å². The number of likely N-dealkylation sites (tertiary alicyclic amines) is 1. The van der Waals surface area contributed by atoms with E-state index < -0.39 is 11.4 Å². The average molecular weight is 456 g/mol. The first-order valence-corrected chi connectivity index (χ1v) is 10.8. The van der Waals surface area contributed by atoms with Crippen LogP contribution in [0.5, 0.6) is 0 Å². The quantitative estimate of drug-likeness (QED) is 0.491. The molecule has 1 saturated heterocycles. The van der Waals surface area contributed by atoms with Crippen LogP contribution in [0.3, 0.4) is 0 Å². The fourth-order valence-electron chi connectivity index (χ4n) is 3.69. The van der Waals surface area contributed by atoms with Gasteiger partial charge in [0, 0.05) is 31.9 Å². The molecule has 2 aromatic heterocycles. The van der Waals surface area contributed by atoms with E-state index in [0.29, 0.717) is 30.2 Å². The molecule has 4 rings (SSSR count).